The van der Waals surface area contributed by atoms with Crippen molar-refractivity contribution in [1.82, 2.24) is 4.98 Å². The lowest BCUT2D eigenvalue weighted by Gasteiger charge is -2.09. The van der Waals surface area contributed by atoms with Gasteiger partial charge in [-0.1, -0.05) is 6.07 Å². The summed E-state index contributed by atoms with van der Waals surface area (Å²) >= 11 is 0. The van der Waals surface area contributed by atoms with Gasteiger partial charge in [-0.25, -0.2) is 0 Å². The standard InChI is InChI=1S/C10H14N2O2/c1-13-10(14-2)8-12-7-9-4-3-5-11-6-9/h3-7,10H,8H2,1-2H3. The van der Waals surface area contributed by atoms with Crippen molar-refractivity contribution in [2.75, 3.05) is 20.8 Å². The summed E-state index contributed by atoms with van der Waals surface area (Å²) in [6.45, 7) is 0.488. The lowest BCUT2D eigenvalue weighted by atomic mass is 10.3. The quantitative estimate of drug-likeness (QED) is 0.521. The second kappa shape index (κ2) is 6.23. The Kier molecular flexibility index (Phi) is 4.82. The molecule has 0 radical (unpaired) electrons. The smallest absolute Gasteiger partial charge is 0.176 e. The Morgan fingerprint density at radius 3 is 2.86 bits per heavy atom. The summed E-state index contributed by atoms with van der Waals surface area (Å²) in [5, 5.41) is 0. The molecular formula is C10H14N2O2. The minimum atomic E-state index is -0.275. The van der Waals surface area contributed by atoms with Crippen LogP contribution >= 0.6 is 0 Å². The van der Waals surface area contributed by atoms with Gasteiger partial charge in [0, 0.05) is 38.4 Å². The van der Waals surface area contributed by atoms with Crippen molar-refractivity contribution in [3.63, 3.8) is 0 Å². The molecule has 4 nitrogen and oxygen atoms in total. The number of rotatable bonds is 5. The Bertz CT molecular complexity index is 271. The van der Waals surface area contributed by atoms with Gasteiger partial charge in [-0.2, -0.15) is 0 Å². The Morgan fingerprint density at radius 2 is 2.29 bits per heavy atom. The molecule has 0 spiro atoms. The fourth-order valence-electron chi connectivity index (χ4n) is 0.942. The first-order valence-corrected chi connectivity index (χ1v) is 4.32. The highest BCUT2D eigenvalue weighted by atomic mass is 16.7. The van der Waals surface area contributed by atoms with E-state index in [0.717, 1.165) is 5.56 Å². The monoisotopic (exact) mass is 194 g/mol. The Hall–Kier alpha value is -1.26. The number of aliphatic imine (C=N–C) groups is 1. The first-order chi connectivity index (χ1) is 6.86. The van der Waals surface area contributed by atoms with Crippen molar-refractivity contribution in [2.24, 2.45) is 4.99 Å². The van der Waals surface area contributed by atoms with Crippen LogP contribution in [-0.2, 0) is 9.47 Å². The predicted molar refractivity (Wildman–Crippen MR) is 54.5 cm³/mol. The summed E-state index contributed by atoms with van der Waals surface area (Å²) in [5.41, 5.74) is 0.971. The molecule has 76 valence electrons. The Morgan fingerprint density at radius 1 is 1.50 bits per heavy atom. The van der Waals surface area contributed by atoms with E-state index in [2.05, 4.69) is 9.98 Å². The fraction of sp³-hybridized carbons (Fsp3) is 0.400. The van der Waals surface area contributed by atoms with E-state index in [0.29, 0.717) is 6.54 Å². The molecule has 0 N–H and O–H groups in total. The lowest BCUT2D eigenvalue weighted by Crippen LogP contribution is -2.16. The van der Waals surface area contributed by atoms with Crippen molar-refractivity contribution < 1.29 is 9.47 Å². The minimum Gasteiger partial charge on any atom is -0.354 e. The highest BCUT2D eigenvalue weighted by molar-refractivity contribution is 5.78. The zero-order valence-electron chi connectivity index (χ0n) is 8.38. The predicted octanol–water partition coefficient (Wildman–Crippen LogP) is 1.12. The van der Waals surface area contributed by atoms with E-state index in [4.69, 9.17) is 9.47 Å². The molecule has 0 saturated carbocycles. The van der Waals surface area contributed by atoms with E-state index in [9.17, 15) is 0 Å². The molecule has 14 heavy (non-hydrogen) atoms. The van der Waals surface area contributed by atoms with Crippen molar-refractivity contribution in [3.8, 4) is 0 Å². The number of aromatic nitrogens is 1. The van der Waals surface area contributed by atoms with Gasteiger partial charge in [0.15, 0.2) is 6.29 Å². The van der Waals surface area contributed by atoms with Crippen molar-refractivity contribution in [3.05, 3.63) is 30.1 Å². The highest BCUT2D eigenvalue weighted by Gasteiger charge is 2.00. The van der Waals surface area contributed by atoms with Crippen LogP contribution < -0.4 is 0 Å². The van der Waals surface area contributed by atoms with Gasteiger partial charge in [-0.3, -0.25) is 9.98 Å². The Balaban J connectivity index is 2.41. The van der Waals surface area contributed by atoms with Crippen LogP contribution in [0, 0.1) is 0 Å². The van der Waals surface area contributed by atoms with Gasteiger partial charge in [-0.05, 0) is 6.07 Å². The summed E-state index contributed by atoms with van der Waals surface area (Å²) in [6.07, 6.45) is 4.95. The molecule has 0 bridgehead atoms. The van der Waals surface area contributed by atoms with Gasteiger partial charge < -0.3 is 9.47 Å². The molecule has 1 rings (SSSR count). The second-order valence-electron chi connectivity index (χ2n) is 2.68. The maximum absolute atomic E-state index is 4.99. The van der Waals surface area contributed by atoms with E-state index in [-0.39, 0.29) is 6.29 Å². The van der Waals surface area contributed by atoms with Crippen LogP contribution in [0.25, 0.3) is 0 Å². The average molecular weight is 194 g/mol. The maximum Gasteiger partial charge on any atom is 0.176 e. The van der Waals surface area contributed by atoms with Crippen LogP contribution in [0.4, 0.5) is 0 Å². The summed E-state index contributed by atoms with van der Waals surface area (Å²) in [5.74, 6) is 0. The number of hydrogen-bond donors (Lipinski definition) is 0. The summed E-state index contributed by atoms with van der Waals surface area (Å²) < 4.78 is 9.97. The van der Waals surface area contributed by atoms with Gasteiger partial charge in [-0.15, -0.1) is 0 Å². The first kappa shape index (κ1) is 10.8. The minimum absolute atomic E-state index is 0.275. The number of hydrogen-bond acceptors (Lipinski definition) is 4. The topological polar surface area (TPSA) is 43.7 Å². The molecule has 0 aliphatic heterocycles. The third-order valence-corrected chi connectivity index (χ3v) is 1.71. The van der Waals surface area contributed by atoms with Gasteiger partial charge in [0.25, 0.3) is 0 Å². The maximum atomic E-state index is 4.99. The molecule has 0 fully saturated rings. The molecule has 0 atom stereocenters. The van der Waals surface area contributed by atoms with E-state index >= 15 is 0 Å². The van der Waals surface area contributed by atoms with Crippen LogP contribution in [-0.4, -0.2) is 38.3 Å². The molecule has 0 aliphatic rings. The molecule has 1 aromatic heterocycles. The van der Waals surface area contributed by atoms with Gasteiger partial charge >= 0.3 is 0 Å². The third kappa shape index (κ3) is 3.64. The molecule has 1 aromatic rings. The lowest BCUT2D eigenvalue weighted by molar-refractivity contribution is -0.0936. The molecule has 0 unspecified atom stereocenters. The van der Waals surface area contributed by atoms with E-state index < -0.39 is 0 Å². The average Bonchev–Trinajstić information content (AvgIpc) is 2.26. The van der Waals surface area contributed by atoms with Crippen molar-refractivity contribution in [2.45, 2.75) is 6.29 Å². The number of methoxy groups -OCH3 is 2. The zero-order valence-corrected chi connectivity index (χ0v) is 8.38. The Labute approximate surface area is 83.6 Å². The normalized spacial score (nSPS) is 11.4. The third-order valence-electron chi connectivity index (χ3n) is 1.71. The van der Waals surface area contributed by atoms with E-state index in [1.54, 1.807) is 32.8 Å². The number of ether oxygens (including phenoxy) is 2. The SMILES string of the molecule is COC(CN=Cc1cccnc1)OC. The number of pyridine rings is 1. The van der Waals surface area contributed by atoms with Crippen LogP contribution in [0.15, 0.2) is 29.5 Å². The van der Waals surface area contributed by atoms with Crippen molar-refractivity contribution in [1.29, 1.82) is 0 Å². The van der Waals surface area contributed by atoms with Gasteiger partial charge in [0.1, 0.15) is 0 Å². The molecule has 4 heteroatoms. The summed E-state index contributed by atoms with van der Waals surface area (Å²) in [4.78, 5) is 8.14. The molecule has 0 aliphatic carbocycles. The van der Waals surface area contributed by atoms with E-state index in [1.807, 2.05) is 12.1 Å². The fourth-order valence-corrected chi connectivity index (χ4v) is 0.942. The number of nitrogens with zero attached hydrogens (tertiary/aromatic N) is 2. The van der Waals surface area contributed by atoms with Crippen LogP contribution in [0.1, 0.15) is 5.56 Å². The second-order valence-corrected chi connectivity index (χ2v) is 2.68. The van der Waals surface area contributed by atoms with Gasteiger partial charge in [0.2, 0.25) is 0 Å². The molecule has 0 amide bonds. The zero-order chi connectivity index (χ0) is 10.2. The highest BCUT2D eigenvalue weighted by Crippen LogP contribution is 1.94. The van der Waals surface area contributed by atoms with Crippen molar-refractivity contribution >= 4 is 6.21 Å². The molecule has 0 saturated heterocycles. The first-order valence-electron chi connectivity index (χ1n) is 4.32. The molecule has 0 aromatic carbocycles. The van der Waals surface area contributed by atoms with Gasteiger partial charge in [0.05, 0.1) is 6.54 Å². The summed E-state index contributed by atoms with van der Waals surface area (Å²) in [6, 6.07) is 3.80. The largest absolute Gasteiger partial charge is 0.354 e. The van der Waals surface area contributed by atoms with Crippen LogP contribution in [0.2, 0.25) is 0 Å². The summed E-state index contributed by atoms with van der Waals surface area (Å²) in [7, 11) is 3.18. The van der Waals surface area contributed by atoms with Crippen LogP contribution in [0.5, 0.6) is 0 Å². The van der Waals surface area contributed by atoms with E-state index in [1.165, 1.54) is 0 Å². The van der Waals surface area contributed by atoms with Crippen LogP contribution in [0.3, 0.4) is 0 Å². The molecular weight excluding hydrogens is 180 g/mol. The molecule has 1 heterocycles.